The number of halogens is 1. The number of rotatable bonds is 3. The van der Waals surface area contributed by atoms with Crippen LogP contribution >= 0.6 is 35.2 Å². The van der Waals surface area contributed by atoms with E-state index in [9.17, 15) is 4.79 Å². The van der Waals surface area contributed by atoms with Gasteiger partial charge in [-0.2, -0.15) is 0 Å². The third-order valence-electron chi connectivity index (χ3n) is 2.37. The van der Waals surface area contributed by atoms with Crippen LogP contribution < -0.4 is 10.6 Å². The minimum absolute atomic E-state index is 0.371. The van der Waals surface area contributed by atoms with Crippen molar-refractivity contribution in [3.05, 3.63) is 45.6 Å². The van der Waals surface area contributed by atoms with Gasteiger partial charge in [-0.25, -0.2) is 4.79 Å². The number of methoxy groups -OCH3 is 1. The predicted molar refractivity (Wildman–Crippen MR) is 87.0 cm³/mol. The maximum Gasteiger partial charge on any atom is 0.350 e. The molecule has 0 fully saturated rings. The number of thiocarbonyl (C=S) groups is 1. The Kier molecular flexibility index (Phi) is 4.94. The lowest BCUT2D eigenvalue weighted by atomic mass is 10.3. The van der Waals surface area contributed by atoms with Crippen LogP contribution in [0.15, 0.2) is 35.7 Å². The normalized spacial score (nSPS) is 9.90. The molecular weight excluding hydrogens is 316 g/mol. The van der Waals surface area contributed by atoms with Gasteiger partial charge in [-0.1, -0.05) is 17.7 Å². The smallest absolute Gasteiger partial charge is 0.350 e. The molecule has 0 unspecified atom stereocenters. The Labute approximate surface area is 130 Å². The van der Waals surface area contributed by atoms with E-state index in [4.69, 9.17) is 28.6 Å². The number of benzene rings is 1. The standard InChI is InChI=1S/C13H11ClN2O2S2/c1-18-12(17)11-10(5-6-20-11)16-13(19)15-9-4-2-3-8(14)7-9/h2-7H,1H3,(H2,15,16,19). The van der Waals surface area contributed by atoms with Crippen LogP contribution in [0.1, 0.15) is 9.67 Å². The number of thiophene rings is 1. The number of esters is 1. The molecule has 4 nitrogen and oxygen atoms in total. The summed E-state index contributed by atoms with van der Waals surface area (Å²) in [6, 6.07) is 8.96. The summed E-state index contributed by atoms with van der Waals surface area (Å²) in [5.41, 5.74) is 1.38. The van der Waals surface area contributed by atoms with E-state index >= 15 is 0 Å². The molecule has 1 heterocycles. The van der Waals surface area contributed by atoms with Crippen molar-refractivity contribution in [2.75, 3.05) is 17.7 Å². The van der Waals surface area contributed by atoms with E-state index in [2.05, 4.69) is 10.6 Å². The molecule has 2 rings (SSSR count). The van der Waals surface area contributed by atoms with Crippen molar-refractivity contribution in [2.24, 2.45) is 0 Å². The van der Waals surface area contributed by atoms with E-state index in [1.54, 1.807) is 23.6 Å². The van der Waals surface area contributed by atoms with Gasteiger partial charge >= 0.3 is 5.97 Å². The van der Waals surface area contributed by atoms with Crippen LogP contribution in [0.3, 0.4) is 0 Å². The van der Waals surface area contributed by atoms with Gasteiger partial charge in [0.15, 0.2) is 5.11 Å². The topological polar surface area (TPSA) is 50.4 Å². The van der Waals surface area contributed by atoms with Gasteiger partial charge in [-0.15, -0.1) is 11.3 Å². The monoisotopic (exact) mass is 326 g/mol. The lowest BCUT2D eigenvalue weighted by molar-refractivity contribution is 0.0607. The molecule has 0 spiro atoms. The Hall–Kier alpha value is -1.63. The lowest BCUT2D eigenvalue weighted by Crippen LogP contribution is -2.20. The third-order valence-corrected chi connectivity index (χ3v) is 3.70. The van der Waals surface area contributed by atoms with E-state index in [1.165, 1.54) is 18.4 Å². The van der Waals surface area contributed by atoms with Gasteiger partial charge in [0.2, 0.25) is 0 Å². The van der Waals surface area contributed by atoms with E-state index in [1.807, 2.05) is 12.1 Å². The van der Waals surface area contributed by atoms with Crippen molar-refractivity contribution in [3.8, 4) is 0 Å². The molecule has 1 aromatic carbocycles. The van der Waals surface area contributed by atoms with Crippen molar-refractivity contribution in [1.82, 2.24) is 0 Å². The fourth-order valence-electron chi connectivity index (χ4n) is 1.51. The summed E-state index contributed by atoms with van der Waals surface area (Å²) in [6.45, 7) is 0. The average Bonchev–Trinajstić information content (AvgIpc) is 2.85. The molecule has 2 aromatic rings. The predicted octanol–water partition coefficient (Wildman–Crippen LogP) is 4.00. The van der Waals surface area contributed by atoms with E-state index in [0.29, 0.717) is 20.7 Å². The van der Waals surface area contributed by atoms with Gasteiger partial charge in [-0.05, 0) is 41.9 Å². The van der Waals surface area contributed by atoms with Crippen molar-refractivity contribution in [3.63, 3.8) is 0 Å². The van der Waals surface area contributed by atoms with Crippen LogP contribution in [0.2, 0.25) is 5.02 Å². The van der Waals surface area contributed by atoms with Gasteiger partial charge in [0.1, 0.15) is 4.88 Å². The summed E-state index contributed by atoms with van der Waals surface area (Å²) in [6.07, 6.45) is 0. The Morgan fingerprint density at radius 1 is 1.35 bits per heavy atom. The van der Waals surface area contributed by atoms with Crippen LogP contribution in [0.5, 0.6) is 0 Å². The molecule has 0 amide bonds. The number of ether oxygens (including phenoxy) is 1. The largest absolute Gasteiger partial charge is 0.465 e. The van der Waals surface area contributed by atoms with Crippen LogP contribution in [0, 0.1) is 0 Å². The highest BCUT2D eigenvalue weighted by Crippen LogP contribution is 2.23. The van der Waals surface area contributed by atoms with Gasteiger partial charge in [-0.3, -0.25) is 0 Å². The van der Waals surface area contributed by atoms with Crippen molar-refractivity contribution in [2.45, 2.75) is 0 Å². The zero-order valence-corrected chi connectivity index (χ0v) is 12.9. The first-order valence-electron chi connectivity index (χ1n) is 5.59. The summed E-state index contributed by atoms with van der Waals surface area (Å²) in [4.78, 5) is 12.0. The lowest BCUT2D eigenvalue weighted by Gasteiger charge is -2.10. The number of nitrogens with one attached hydrogen (secondary N) is 2. The molecule has 0 atom stereocenters. The molecule has 0 aliphatic rings. The molecule has 0 bridgehead atoms. The molecule has 0 aliphatic heterocycles. The third kappa shape index (κ3) is 3.69. The number of anilines is 2. The molecule has 0 saturated heterocycles. The Morgan fingerprint density at radius 3 is 2.85 bits per heavy atom. The zero-order chi connectivity index (χ0) is 14.5. The van der Waals surface area contributed by atoms with Crippen LogP contribution in [-0.4, -0.2) is 18.2 Å². The maximum absolute atomic E-state index is 11.5. The van der Waals surface area contributed by atoms with Gasteiger partial charge < -0.3 is 15.4 Å². The molecule has 104 valence electrons. The Bertz CT molecular complexity index is 643. The van der Waals surface area contributed by atoms with Crippen molar-refractivity contribution < 1.29 is 9.53 Å². The highest BCUT2D eigenvalue weighted by Gasteiger charge is 2.14. The molecule has 20 heavy (non-hydrogen) atoms. The number of carbonyl (C=O) groups excluding carboxylic acids is 1. The molecular formula is C13H11ClN2O2S2. The summed E-state index contributed by atoms with van der Waals surface area (Å²) >= 11 is 12.4. The number of carbonyl (C=O) groups is 1. The Balaban J connectivity index is 2.05. The maximum atomic E-state index is 11.5. The first-order chi connectivity index (χ1) is 9.60. The molecule has 0 aliphatic carbocycles. The summed E-state index contributed by atoms with van der Waals surface area (Å²) in [7, 11) is 1.34. The second-order valence-electron chi connectivity index (χ2n) is 3.74. The summed E-state index contributed by atoms with van der Waals surface area (Å²) in [5, 5.41) is 8.73. The van der Waals surface area contributed by atoms with Crippen molar-refractivity contribution in [1.29, 1.82) is 0 Å². The van der Waals surface area contributed by atoms with Crippen molar-refractivity contribution >= 4 is 57.6 Å². The summed E-state index contributed by atoms with van der Waals surface area (Å²) in [5.74, 6) is -0.395. The molecule has 0 saturated carbocycles. The molecule has 7 heteroatoms. The zero-order valence-electron chi connectivity index (χ0n) is 10.5. The van der Waals surface area contributed by atoms with Gasteiger partial charge in [0.05, 0.1) is 12.8 Å². The first kappa shape index (κ1) is 14.8. The molecule has 1 aromatic heterocycles. The van der Waals surface area contributed by atoms with Gasteiger partial charge in [0.25, 0.3) is 0 Å². The van der Waals surface area contributed by atoms with Gasteiger partial charge in [0, 0.05) is 10.7 Å². The molecule has 2 N–H and O–H groups in total. The average molecular weight is 327 g/mol. The van der Waals surface area contributed by atoms with E-state index < -0.39 is 5.97 Å². The number of hydrogen-bond acceptors (Lipinski definition) is 4. The minimum Gasteiger partial charge on any atom is -0.465 e. The first-order valence-corrected chi connectivity index (χ1v) is 7.26. The van der Waals surface area contributed by atoms with Crippen LogP contribution in [0.4, 0.5) is 11.4 Å². The Morgan fingerprint density at radius 2 is 2.15 bits per heavy atom. The highest BCUT2D eigenvalue weighted by atomic mass is 35.5. The molecule has 0 radical (unpaired) electrons. The second kappa shape index (κ2) is 6.69. The quantitative estimate of drug-likeness (QED) is 0.659. The van der Waals surface area contributed by atoms with Crippen LogP contribution in [0.25, 0.3) is 0 Å². The number of hydrogen-bond donors (Lipinski definition) is 2. The fourth-order valence-corrected chi connectivity index (χ4v) is 2.69. The minimum atomic E-state index is -0.395. The fraction of sp³-hybridized carbons (Fsp3) is 0.0769. The SMILES string of the molecule is COC(=O)c1sccc1NC(=S)Nc1cccc(Cl)c1. The second-order valence-corrected chi connectivity index (χ2v) is 5.51. The highest BCUT2D eigenvalue weighted by molar-refractivity contribution is 7.80. The van der Waals surface area contributed by atoms with Crippen LogP contribution in [-0.2, 0) is 4.74 Å². The summed E-state index contributed by atoms with van der Waals surface area (Å²) < 4.78 is 4.70. The van der Waals surface area contributed by atoms with E-state index in [-0.39, 0.29) is 0 Å². The van der Waals surface area contributed by atoms with E-state index in [0.717, 1.165) is 5.69 Å².